The van der Waals surface area contributed by atoms with Crippen molar-refractivity contribution in [3.63, 3.8) is 0 Å². The van der Waals surface area contributed by atoms with Gasteiger partial charge in [-0.05, 0) is 30.4 Å². The van der Waals surface area contributed by atoms with Gasteiger partial charge in [-0.25, -0.2) is 0 Å². The molecule has 1 N–H and O–H groups in total. The lowest BCUT2D eigenvalue weighted by Crippen LogP contribution is -2.35. The van der Waals surface area contributed by atoms with E-state index in [1.807, 2.05) is 41.1 Å². The van der Waals surface area contributed by atoms with Crippen molar-refractivity contribution < 1.29 is 0 Å². The molecule has 0 unspecified atom stereocenters. The number of nitrogens with one attached hydrogen (secondary N) is 1. The van der Waals surface area contributed by atoms with Crippen molar-refractivity contribution in [2.45, 2.75) is 44.7 Å². The van der Waals surface area contributed by atoms with E-state index in [9.17, 15) is 4.79 Å². The van der Waals surface area contributed by atoms with E-state index in [-0.39, 0.29) is 5.56 Å². The fourth-order valence-corrected chi connectivity index (χ4v) is 3.10. The van der Waals surface area contributed by atoms with E-state index in [4.69, 9.17) is 0 Å². The molecular formula is C17H22N2O. The smallest absolute Gasteiger partial charge is 0.258 e. The van der Waals surface area contributed by atoms with Gasteiger partial charge in [0, 0.05) is 30.7 Å². The van der Waals surface area contributed by atoms with E-state index in [1.165, 1.54) is 32.1 Å². The molecular weight excluding hydrogens is 248 g/mol. The summed E-state index contributed by atoms with van der Waals surface area (Å²) in [4.78, 5) is 12.3. The first-order valence-corrected chi connectivity index (χ1v) is 7.66. The zero-order valence-corrected chi connectivity index (χ0v) is 11.8. The second-order valence-corrected chi connectivity index (χ2v) is 5.69. The van der Waals surface area contributed by atoms with Gasteiger partial charge >= 0.3 is 0 Å². The number of rotatable bonds is 4. The van der Waals surface area contributed by atoms with E-state index in [0.29, 0.717) is 6.04 Å². The monoisotopic (exact) mass is 270 g/mol. The first-order valence-electron chi connectivity index (χ1n) is 7.66. The maximum Gasteiger partial charge on any atom is 0.258 e. The normalized spacial score (nSPS) is 16.6. The van der Waals surface area contributed by atoms with Gasteiger partial charge in [-0.1, -0.05) is 37.5 Å². The Morgan fingerprint density at radius 1 is 1.10 bits per heavy atom. The van der Waals surface area contributed by atoms with Gasteiger partial charge in [-0.3, -0.25) is 4.79 Å². The highest BCUT2D eigenvalue weighted by Crippen LogP contribution is 2.17. The molecule has 3 heteroatoms. The molecule has 1 saturated carbocycles. The van der Waals surface area contributed by atoms with E-state index in [1.54, 1.807) is 0 Å². The first-order chi connectivity index (χ1) is 9.84. The minimum atomic E-state index is 0.119. The third-order valence-electron chi connectivity index (χ3n) is 4.28. The summed E-state index contributed by atoms with van der Waals surface area (Å²) in [5.41, 5.74) is 0.119. The molecule has 1 aromatic heterocycles. The minimum Gasteiger partial charge on any atom is -0.314 e. The number of aromatic nitrogens is 1. The molecule has 1 fully saturated rings. The molecule has 3 rings (SSSR count). The molecule has 0 aliphatic heterocycles. The first kappa shape index (κ1) is 13.4. The van der Waals surface area contributed by atoms with Crippen LogP contribution in [0.4, 0.5) is 0 Å². The van der Waals surface area contributed by atoms with Crippen LogP contribution in [-0.2, 0) is 6.54 Å². The number of hydrogen-bond acceptors (Lipinski definition) is 2. The molecule has 0 spiro atoms. The lowest BCUT2D eigenvalue weighted by molar-refractivity contribution is 0.367. The third kappa shape index (κ3) is 2.93. The van der Waals surface area contributed by atoms with Gasteiger partial charge < -0.3 is 9.88 Å². The highest BCUT2D eigenvalue weighted by molar-refractivity contribution is 5.81. The highest BCUT2D eigenvalue weighted by Gasteiger charge is 2.12. The second kappa shape index (κ2) is 6.23. The largest absolute Gasteiger partial charge is 0.314 e. The van der Waals surface area contributed by atoms with Crippen LogP contribution in [0.15, 0.2) is 41.3 Å². The molecule has 0 saturated heterocycles. The summed E-state index contributed by atoms with van der Waals surface area (Å²) in [6.07, 6.45) is 8.54. The molecule has 20 heavy (non-hydrogen) atoms. The van der Waals surface area contributed by atoms with E-state index < -0.39 is 0 Å². The topological polar surface area (TPSA) is 34.0 Å². The predicted molar refractivity (Wildman–Crippen MR) is 83.1 cm³/mol. The van der Waals surface area contributed by atoms with Crippen LogP contribution in [0.1, 0.15) is 32.1 Å². The van der Waals surface area contributed by atoms with Crippen molar-refractivity contribution >= 4 is 10.8 Å². The average molecular weight is 270 g/mol. The maximum absolute atomic E-state index is 12.3. The lowest BCUT2D eigenvalue weighted by atomic mass is 9.95. The van der Waals surface area contributed by atoms with Gasteiger partial charge in [-0.15, -0.1) is 0 Å². The van der Waals surface area contributed by atoms with Crippen LogP contribution in [0, 0.1) is 0 Å². The molecule has 0 amide bonds. The molecule has 1 heterocycles. The Bertz CT molecular complexity index is 626. The number of hydrogen-bond donors (Lipinski definition) is 1. The predicted octanol–water partition coefficient (Wildman–Crippen LogP) is 2.92. The number of benzene rings is 1. The Morgan fingerprint density at radius 2 is 1.90 bits per heavy atom. The summed E-state index contributed by atoms with van der Waals surface area (Å²) >= 11 is 0. The van der Waals surface area contributed by atoms with Crippen molar-refractivity contribution in [2.75, 3.05) is 6.54 Å². The van der Waals surface area contributed by atoms with Crippen LogP contribution in [0.3, 0.4) is 0 Å². The molecule has 2 aromatic rings. The second-order valence-electron chi connectivity index (χ2n) is 5.69. The van der Waals surface area contributed by atoms with Crippen LogP contribution >= 0.6 is 0 Å². The molecule has 1 aliphatic rings. The van der Waals surface area contributed by atoms with E-state index in [2.05, 4.69) is 5.32 Å². The van der Waals surface area contributed by atoms with Gasteiger partial charge in [-0.2, -0.15) is 0 Å². The fourth-order valence-electron chi connectivity index (χ4n) is 3.10. The van der Waals surface area contributed by atoms with Crippen LogP contribution in [0.5, 0.6) is 0 Å². The van der Waals surface area contributed by atoms with Crippen LogP contribution in [0.2, 0.25) is 0 Å². The maximum atomic E-state index is 12.3. The Morgan fingerprint density at radius 3 is 2.75 bits per heavy atom. The summed E-state index contributed by atoms with van der Waals surface area (Å²) in [5, 5.41) is 5.42. The SMILES string of the molecule is O=c1c2ccccc2ccn1CCNC1CCCCC1. The summed E-state index contributed by atoms with van der Waals surface area (Å²) in [6, 6.07) is 10.5. The Kier molecular flexibility index (Phi) is 4.16. The van der Waals surface area contributed by atoms with Gasteiger partial charge in [0.25, 0.3) is 5.56 Å². The molecule has 3 nitrogen and oxygen atoms in total. The van der Waals surface area contributed by atoms with Crippen molar-refractivity contribution in [3.8, 4) is 0 Å². The van der Waals surface area contributed by atoms with Gasteiger partial charge in [0.05, 0.1) is 0 Å². The minimum absolute atomic E-state index is 0.119. The highest BCUT2D eigenvalue weighted by atomic mass is 16.1. The van der Waals surface area contributed by atoms with Crippen molar-refractivity contribution in [1.82, 2.24) is 9.88 Å². The number of fused-ring (bicyclic) bond motifs is 1. The molecule has 0 atom stereocenters. The Balaban J connectivity index is 1.65. The van der Waals surface area contributed by atoms with Crippen molar-refractivity contribution in [2.24, 2.45) is 0 Å². The summed E-state index contributed by atoms with van der Waals surface area (Å²) in [5.74, 6) is 0. The zero-order chi connectivity index (χ0) is 13.8. The number of pyridine rings is 1. The van der Waals surface area contributed by atoms with Crippen LogP contribution in [0.25, 0.3) is 10.8 Å². The molecule has 0 radical (unpaired) electrons. The molecule has 0 bridgehead atoms. The van der Waals surface area contributed by atoms with Crippen LogP contribution in [-0.4, -0.2) is 17.2 Å². The average Bonchev–Trinajstić information content (AvgIpc) is 2.51. The summed E-state index contributed by atoms with van der Waals surface area (Å²) in [7, 11) is 0. The fraction of sp³-hybridized carbons (Fsp3) is 0.471. The zero-order valence-electron chi connectivity index (χ0n) is 11.8. The van der Waals surface area contributed by atoms with Gasteiger partial charge in [0.2, 0.25) is 0 Å². The molecule has 106 valence electrons. The summed E-state index contributed by atoms with van der Waals surface area (Å²) < 4.78 is 1.82. The van der Waals surface area contributed by atoms with Crippen molar-refractivity contribution in [3.05, 3.63) is 46.9 Å². The number of nitrogens with zero attached hydrogens (tertiary/aromatic N) is 1. The Hall–Kier alpha value is -1.61. The molecule has 1 aliphatic carbocycles. The third-order valence-corrected chi connectivity index (χ3v) is 4.28. The van der Waals surface area contributed by atoms with Gasteiger partial charge in [0.1, 0.15) is 0 Å². The standard InChI is InChI=1S/C17H22N2O/c20-17-16-9-5-4-6-14(16)10-12-19(17)13-11-18-15-7-2-1-3-8-15/h4-6,9-10,12,15,18H,1-3,7-8,11,13H2. The van der Waals surface area contributed by atoms with Crippen LogP contribution < -0.4 is 10.9 Å². The lowest BCUT2D eigenvalue weighted by Gasteiger charge is -2.23. The van der Waals surface area contributed by atoms with Crippen molar-refractivity contribution in [1.29, 1.82) is 0 Å². The van der Waals surface area contributed by atoms with E-state index >= 15 is 0 Å². The molecule has 1 aromatic carbocycles. The Labute approximate surface area is 119 Å². The van der Waals surface area contributed by atoms with E-state index in [0.717, 1.165) is 23.9 Å². The van der Waals surface area contributed by atoms with Gasteiger partial charge in [0.15, 0.2) is 0 Å². The summed E-state index contributed by atoms with van der Waals surface area (Å²) in [6.45, 7) is 1.63. The quantitative estimate of drug-likeness (QED) is 0.927.